The molecule has 6 heteroatoms. The van der Waals surface area contributed by atoms with Crippen molar-refractivity contribution in [2.45, 2.75) is 38.8 Å². The van der Waals surface area contributed by atoms with Crippen LogP contribution in [0.2, 0.25) is 0 Å². The number of nitrogens with one attached hydrogen (secondary N) is 2. The molecule has 1 atom stereocenters. The summed E-state index contributed by atoms with van der Waals surface area (Å²) in [7, 11) is 1.36. The molecule has 1 aromatic carbocycles. The second kappa shape index (κ2) is 9.15. The standard InChI is InChI=1S/C17H26N2O4/c1-17(2,3)23-16(21)19-11-10-18-14(15(20)22-4)12-13-8-6-5-7-9-13/h5-9,14,18H,10-12H2,1-4H3,(H,19,21)/t14-/m1/s1. The summed E-state index contributed by atoms with van der Waals surface area (Å²) in [6.45, 7) is 6.21. The SMILES string of the molecule is COC(=O)[C@@H](Cc1ccccc1)NCCNC(=O)OC(C)(C)C. The summed E-state index contributed by atoms with van der Waals surface area (Å²) in [5, 5.41) is 5.73. The zero-order valence-electron chi connectivity index (χ0n) is 14.2. The third-order valence-electron chi connectivity index (χ3n) is 2.95. The first-order valence-electron chi connectivity index (χ1n) is 7.64. The van der Waals surface area contributed by atoms with Crippen LogP contribution < -0.4 is 10.6 Å². The normalized spacial score (nSPS) is 12.3. The monoisotopic (exact) mass is 322 g/mol. The van der Waals surface area contributed by atoms with E-state index in [2.05, 4.69) is 10.6 Å². The highest BCUT2D eigenvalue weighted by molar-refractivity contribution is 5.76. The highest BCUT2D eigenvalue weighted by Gasteiger charge is 2.19. The Morgan fingerprint density at radius 2 is 1.78 bits per heavy atom. The number of amides is 1. The second-order valence-electron chi connectivity index (χ2n) is 6.15. The Morgan fingerprint density at radius 1 is 1.13 bits per heavy atom. The van der Waals surface area contributed by atoms with Gasteiger partial charge in [0.25, 0.3) is 0 Å². The predicted octanol–water partition coefficient (Wildman–Crippen LogP) is 1.88. The van der Waals surface area contributed by atoms with Gasteiger partial charge in [-0.05, 0) is 32.8 Å². The Labute approximate surface area is 137 Å². The van der Waals surface area contributed by atoms with Crippen molar-refractivity contribution < 1.29 is 19.1 Å². The van der Waals surface area contributed by atoms with Crippen molar-refractivity contribution in [2.75, 3.05) is 20.2 Å². The summed E-state index contributed by atoms with van der Waals surface area (Å²) in [4.78, 5) is 23.4. The third kappa shape index (κ3) is 8.21. The molecule has 0 aliphatic rings. The number of hydrogen-bond acceptors (Lipinski definition) is 5. The van der Waals surface area contributed by atoms with Crippen molar-refractivity contribution in [1.29, 1.82) is 0 Å². The zero-order chi connectivity index (χ0) is 17.3. The van der Waals surface area contributed by atoms with Crippen LogP contribution in [-0.4, -0.2) is 43.9 Å². The molecule has 0 aliphatic heterocycles. The minimum absolute atomic E-state index is 0.328. The van der Waals surface area contributed by atoms with E-state index in [-0.39, 0.29) is 5.97 Å². The summed E-state index contributed by atoms with van der Waals surface area (Å²) in [6.07, 6.45) is 0.0527. The van der Waals surface area contributed by atoms with Crippen LogP contribution in [0.4, 0.5) is 4.79 Å². The summed E-state index contributed by atoms with van der Waals surface area (Å²) in [6, 6.07) is 9.23. The number of benzene rings is 1. The number of rotatable bonds is 7. The minimum Gasteiger partial charge on any atom is -0.468 e. The van der Waals surface area contributed by atoms with E-state index in [1.165, 1.54) is 7.11 Å². The largest absolute Gasteiger partial charge is 0.468 e. The van der Waals surface area contributed by atoms with Crippen LogP contribution in [-0.2, 0) is 20.7 Å². The molecule has 6 nitrogen and oxygen atoms in total. The van der Waals surface area contributed by atoms with Crippen LogP contribution in [0.3, 0.4) is 0 Å². The van der Waals surface area contributed by atoms with Gasteiger partial charge in [-0.25, -0.2) is 4.79 Å². The van der Waals surface area contributed by atoms with Crippen LogP contribution in [0.5, 0.6) is 0 Å². The van der Waals surface area contributed by atoms with Gasteiger partial charge in [0, 0.05) is 13.1 Å². The topological polar surface area (TPSA) is 76.7 Å². The van der Waals surface area contributed by atoms with Crippen molar-refractivity contribution in [3.8, 4) is 0 Å². The van der Waals surface area contributed by atoms with Crippen molar-refractivity contribution >= 4 is 12.1 Å². The van der Waals surface area contributed by atoms with E-state index in [1.807, 2.05) is 30.3 Å². The summed E-state index contributed by atoms with van der Waals surface area (Å²) < 4.78 is 9.95. The van der Waals surface area contributed by atoms with Gasteiger partial charge in [0.05, 0.1) is 7.11 Å². The molecule has 0 bridgehead atoms. The van der Waals surface area contributed by atoms with Gasteiger partial charge in [-0.1, -0.05) is 30.3 Å². The number of carbonyl (C=O) groups excluding carboxylic acids is 2. The quantitative estimate of drug-likeness (QED) is 0.592. The Balaban J connectivity index is 2.40. The average Bonchev–Trinajstić information content (AvgIpc) is 2.48. The Kier molecular flexibility index (Phi) is 7.54. The van der Waals surface area contributed by atoms with Crippen LogP contribution in [0.1, 0.15) is 26.3 Å². The molecule has 0 heterocycles. The molecule has 2 N–H and O–H groups in total. The van der Waals surface area contributed by atoms with E-state index in [4.69, 9.17) is 9.47 Å². The predicted molar refractivity (Wildman–Crippen MR) is 88.2 cm³/mol. The molecular formula is C17H26N2O4. The van der Waals surface area contributed by atoms with E-state index < -0.39 is 17.7 Å². The third-order valence-corrected chi connectivity index (χ3v) is 2.95. The number of hydrogen-bond donors (Lipinski definition) is 2. The fourth-order valence-electron chi connectivity index (χ4n) is 1.96. The first-order valence-corrected chi connectivity index (χ1v) is 7.64. The molecular weight excluding hydrogens is 296 g/mol. The maximum Gasteiger partial charge on any atom is 0.407 e. The van der Waals surface area contributed by atoms with Crippen molar-refractivity contribution in [3.05, 3.63) is 35.9 Å². The lowest BCUT2D eigenvalue weighted by Gasteiger charge is -2.20. The van der Waals surface area contributed by atoms with Gasteiger partial charge in [-0.3, -0.25) is 4.79 Å². The second-order valence-corrected chi connectivity index (χ2v) is 6.15. The van der Waals surface area contributed by atoms with Crippen LogP contribution >= 0.6 is 0 Å². The Hall–Kier alpha value is -2.08. The Bertz CT molecular complexity index is 497. The molecule has 0 saturated carbocycles. The van der Waals surface area contributed by atoms with Gasteiger partial charge in [0.15, 0.2) is 0 Å². The Morgan fingerprint density at radius 3 is 2.35 bits per heavy atom. The van der Waals surface area contributed by atoms with E-state index in [9.17, 15) is 9.59 Å². The molecule has 128 valence electrons. The highest BCUT2D eigenvalue weighted by atomic mass is 16.6. The van der Waals surface area contributed by atoms with Gasteiger partial charge in [-0.2, -0.15) is 0 Å². The smallest absolute Gasteiger partial charge is 0.407 e. The lowest BCUT2D eigenvalue weighted by Crippen LogP contribution is -2.44. The maximum atomic E-state index is 11.8. The number of ether oxygens (including phenoxy) is 2. The fraction of sp³-hybridized carbons (Fsp3) is 0.529. The molecule has 1 amide bonds. The van der Waals surface area contributed by atoms with Gasteiger partial charge < -0.3 is 20.1 Å². The highest BCUT2D eigenvalue weighted by Crippen LogP contribution is 2.06. The zero-order valence-corrected chi connectivity index (χ0v) is 14.2. The molecule has 0 spiro atoms. The lowest BCUT2D eigenvalue weighted by molar-refractivity contribution is -0.143. The molecule has 0 aliphatic carbocycles. The van der Waals surface area contributed by atoms with Crippen LogP contribution in [0, 0.1) is 0 Å². The van der Waals surface area contributed by atoms with E-state index in [0.717, 1.165) is 5.56 Å². The maximum absolute atomic E-state index is 11.8. The number of esters is 1. The molecule has 23 heavy (non-hydrogen) atoms. The van der Waals surface area contributed by atoms with Gasteiger partial charge >= 0.3 is 12.1 Å². The molecule has 0 unspecified atom stereocenters. The van der Waals surface area contributed by atoms with Crippen molar-refractivity contribution in [1.82, 2.24) is 10.6 Å². The molecule has 0 fully saturated rings. The van der Waals surface area contributed by atoms with Crippen LogP contribution in [0.15, 0.2) is 30.3 Å². The summed E-state index contributed by atoms with van der Waals surface area (Å²) in [5.74, 6) is -0.328. The molecule has 0 saturated heterocycles. The first-order chi connectivity index (χ1) is 10.8. The van der Waals surface area contributed by atoms with Crippen molar-refractivity contribution in [3.63, 3.8) is 0 Å². The van der Waals surface area contributed by atoms with Crippen molar-refractivity contribution in [2.24, 2.45) is 0 Å². The minimum atomic E-state index is -0.528. The fourth-order valence-corrected chi connectivity index (χ4v) is 1.96. The van der Waals surface area contributed by atoms with Gasteiger partial charge in [0.2, 0.25) is 0 Å². The summed E-state index contributed by atoms with van der Waals surface area (Å²) >= 11 is 0. The number of carbonyl (C=O) groups is 2. The molecule has 0 aromatic heterocycles. The summed E-state index contributed by atoms with van der Waals surface area (Å²) in [5.41, 5.74) is 0.509. The van der Waals surface area contributed by atoms with E-state index in [1.54, 1.807) is 20.8 Å². The molecule has 0 radical (unpaired) electrons. The van der Waals surface area contributed by atoms with Gasteiger partial charge in [0.1, 0.15) is 11.6 Å². The average molecular weight is 322 g/mol. The number of methoxy groups -OCH3 is 1. The lowest BCUT2D eigenvalue weighted by atomic mass is 10.1. The number of alkyl carbamates (subject to hydrolysis) is 1. The van der Waals surface area contributed by atoms with E-state index >= 15 is 0 Å². The van der Waals surface area contributed by atoms with E-state index in [0.29, 0.717) is 19.5 Å². The van der Waals surface area contributed by atoms with Gasteiger partial charge in [-0.15, -0.1) is 0 Å². The first kappa shape index (κ1) is 19.0. The van der Waals surface area contributed by atoms with Crippen LogP contribution in [0.25, 0.3) is 0 Å². The molecule has 1 rings (SSSR count). The molecule has 1 aromatic rings.